The predicted octanol–water partition coefficient (Wildman–Crippen LogP) is 1.03. The molecule has 0 aromatic rings. The smallest absolute Gasteiger partial charge is 0.433 e. The van der Waals surface area contributed by atoms with Crippen LogP contribution in [-0.2, 0) is 42.4 Å². The summed E-state index contributed by atoms with van der Waals surface area (Å²) in [5.74, 6) is -0.632. The third-order valence-electron chi connectivity index (χ3n) is 1.75. The van der Waals surface area contributed by atoms with Crippen LogP contribution in [0.5, 0.6) is 0 Å². The molecule has 0 aliphatic heterocycles. The van der Waals surface area contributed by atoms with Crippen molar-refractivity contribution in [2.75, 3.05) is 21.3 Å². The van der Waals surface area contributed by atoms with Crippen LogP contribution in [0.25, 0.3) is 0 Å². The van der Waals surface area contributed by atoms with Gasteiger partial charge in [-0.25, -0.2) is 19.5 Å². The summed E-state index contributed by atoms with van der Waals surface area (Å²) in [5.41, 5.74) is 0.215. The molecule has 20 heavy (non-hydrogen) atoms. The van der Waals surface area contributed by atoms with Gasteiger partial charge in [0.05, 0.1) is 21.3 Å². The number of ether oxygens (including phenoxy) is 1. The SMILES string of the molecule is C=C(C)C(=O)OC(CC)O[Si](OOC)(OOC)OOC. The Hall–Kier alpha value is -0.853. The fourth-order valence-electron chi connectivity index (χ4n) is 0.978. The van der Waals surface area contributed by atoms with Crippen molar-refractivity contribution < 1.29 is 42.4 Å². The van der Waals surface area contributed by atoms with E-state index in [0.29, 0.717) is 6.42 Å². The van der Waals surface area contributed by atoms with Crippen molar-refractivity contribution in [3.63, 3.8) is 0 Å². The molecule has 0 spiro atoms. The quantitative estimate of drug-likeness (QED) is 0.138. The Morgan fingerprint density at radius 3 is 1.85 bits per heavy atom. The van der Waals surface area contributed by atoms with Gasteiger partial charge in [-0.2, -0.15) is 13.7 Å². The van der Waals surface area contributed by atoms with Crippen molar-refractivity contribution in [1.82, 2.24) is 0 Å². The number of hydrogen-bond acceptors (Lipinski definition) is 9. The van der Waals surface area contributed by atoms with Crippen LogP contribution in [0.2, 0.25) is 0 Å². The Labute approximate surface area is 118 Å². The Kier molecular flexibility index (Phi) is 9.53. The first-order valence-corrected chi connectivity index (χ1v) is 7.27. The van der Waals surface area contributed by atoms with Gasteiger partial charge in [0, 0.05) is 12.0 Å². The molecule has 0 fully saturated rings. The lowest BCUT2D eigenvalue weighted by Crippen LogP contribution is -2.51. The normalized spacial score (nSPS) is 13.1. The molecule has 0 heterocycles. The fraction of sp³-hybridized carbons (Fsp3) is 0.700. The maximum atomic E-state index is 11.5. The molecule has 118 valence electrons. The van der Waals surface area contributed by atoms with Gasteiger partial charge >= 0.3 is 15.0 Å². The van der Waals surface area contributed by atoms with Crippen molar-refractivity contribution in [3.05, 3.63) is 12.2 Å². The van der Waals surface area contributed by atoms with Gasteiger partial charge < -0.3 is 9.16 Å². The summed E-state index contributed by atoms with van der Waals surface area (Å²) in [6.45, 7) is 6.67. The predicted molar refractivity (Wildman–Crippen MR) is 66.1 cm³/mol. The number of carbonyl (C=O) groups excluding carboxylic acids is 1. The monoisotopic (exact) mass is 312 g/mol. The van der Waals surface area contributed by atoms with Gasteiger partial charge in [-0.15, -0.1) is 0 Å². The number of carbonyl (C=O) groups is 1. The molecule has 0 amide bonds. The van der Waals surface area contributed by atoms with Crippen molar-refractivity contribution in [2.45, 2.75) is 26.6 Å². The molecule has 0 aromatic carbocycles. The highest BCUT2D eigenvalue weighted by Crippen LogP contribution is 2.18. The zero-order valence-electron chi connectivity index (χ0n) is 12.2. The second kappa shape index (κ2) is 9.96. The van der Waals surface area contributed by atoms with E-state index in [9.17, 15) is 4.79 Å². The van der Waals surface area contributed by atoms with Crippen molar-refractivity contribution in [3.8, 4) is 0 Å². The van der Waals surface area contributed by atoms with E-state index in [2.05, 4.69) is 21.2 Å². The molecule has 0 aromatic heterocycles. The molecule has 0 radical (unpaired) electrons. The van der Waals surface area contributed by atoms with Crippen LogP contribution in [0.4, 0.5) is 0 Å². The maximum Gasteiger partial charge on any atom is 0.767 e. The van der Waals surface area contributed by atoms with Gasteiger partial charge in [0.25, 0.3) is 0 Å². The third-order valence-corrected chi connectivity index (χ3v) is 3.42. The minimum Gasteiger partial charge on any atom is -0.433 e. The van der Waals surface area contributed by atoms with Gasteiger partial charge in [0.2, 0.25) is 0 Å². The van der Waals surface area contributed by atoms with Crippen LogP contribution in [0, 0.1) is 0 Å². The lowest BCUT2D eigenvalue weighted by Gasteiger charge is -2.26. The number of esters is 1. The summed E-state index contributed by atoms with van der Waals surface area (Å²) in [7, 11) is -0.318. The van der Waals surface area contributed by atoms with E-state index in [-0.39, 0.29) is 5.57 Å². The highest BCUT2D eigenvalue weighted by molar-refractivity contribution is 6.52. The van der Waals surface area contributed by atoms with Crippen LogP contribution in [0.15, 0.2) is 12.2 Å². The Bertz CT molecular complexity index is 292. The van der Waals surface area contributed by atoms with E-state index < -0.39 is 21.3 Å². The third kappa shape index (κ3) is 6.54. The van der Waals surface area contributed by atoms with Gasteiger partial charge in [-0.05, 0) is 6.92 Å². The van der Waals surface area contributed by atoms with Crippen molar-refractivity contribution >= 4 is 15.0 Å². The molecule has 0 saturated carbocycles. The van der Waals surface area contributed by atoms with Crippen molar-refractivity contribution in [1.29, 1.82) is 0 Å². The summed E-state index contributed by atoms with van der Waals surface area (Å²) < 4.78 is 24.7. The van der Waals surface area contributed by atoms with E-state index in [4.69, 9.17) is 22.9 Å². The van der Waals surface area contributed by atoms with Crippen LogP contribution < -0.4 is 0 Å². The van der Waals surface area contributed by atoms with E-state index in [0.717, 1.165) is 0 Å². The molecule has 9 nitrogen and oxygen atoms in total. The summed E-state index contributed by atoms with van der Waals surface area (Å²) in [5, 5.41) is 0. The largest absolute Gasteiger partial charge is 0.767 e. The first-order valence-electron chi connectivity index (χ1n) is 5.64. The molecule has 0 aliphatic rings. The lowest BCUT2D eigenvalue weighted by atomic mass is 10.3. The Morgan fingerprint density at radius 2 is 1.55 bits per heavy atom. The topological polar surface area (TPSA) is 90.9 Å². The molecule has 0 aliphatic carbocycles. The lowest BCUT2D eigenvalue weighted by molar-refractivity contribution is -0.379. The molecule has 10 heteroatoms. The van der Waals surface area contributed by atoms with Crippen LogP contribution >= 0.6 is 0 Å². The molecular formula is C10H20O9Si. The first kappa shape index (κ1) is 19.1. The van der Waals surface area contributed by atoms with E-state index in [1.54, 1.807) is 6.92 Å². The number of hydrogen-bond donors (Lipinski definition) is 0. The second-order valence-corrected chi connectivity index (χ2v) is 5.13. The molecule has 0 saturated heterocycles. The second-order valence-electron chi connectivity index (χ2n) is 3.39. The minimum absolute atomic E-state index is 0.215. The van der Waals surface area contributed by atoms with Gasteiger partial charge in [0.15, 0.2) is 6.29 Å². The molecule has 1 atom stereocenters. The van der Waals surface area contributed by atoms with Gasteiger partial charge in [-0.1, -0.05) is 13.5 Å². The fourth-order valence-corrected chi connectivity index (χ4v) is 2.33. The summed E-state index contributed by atoms with van der Waals surface area (Å²) in [6.07, 6.45) is -0.729. The van der Waals surface area contributed by atoms with E-state index in [1.165, 1.54) is 28.3 Å². The first-order chi connectivity index (χ1) is 9.44. The molecular weight excluding hydrogens is 292 g/mol. The van der Waals surface area contributed by atoms with Crippen molar-refractivity contribution in [2.24, 2.45) is 0 Å². The van der Waals surface area contributed by atoms with E-state index >= 15 is 0 Å². The molecule has 0 rings (SSSR count). The highest BCUT2D eigenvalue weighted by Gasteiger charge is 2.54. The molecule has 0 N–H and O–H groups in total. The highest BCUT2D eigenvalue weighted by atomic mass is 28.4. The summed E-state index contributed by atoms with van der Waals surface area (Å²) >= 11 is 0. The zero-order valence-corrected chi connectivity index (χ0v) is 13.2. The van der Waals surface area contributed by atoms with Gasteiger partial charge in [0.1, 0.15) is 0 Å². The number of rotatable bonds is 11. The average Bonchev–Trinajstić information content (AvgIpc) is 2.38. The summed E-state index contributed by atoms with van der Waals surface area (Å²) in [4.78, 5) is 24.9. The Morgan fingerprint density at radius 1 is 1.10 bits per heavy atom. The minimum atomic E-state index is -3.95. The van der Waals surface area contributed by atoms with Gasteiger partial charge in [-0.3, -0.25) is 0 Å². The summed E-state index contributed by atoms with van der Waals surface area (Å²) in [6, 6.07) is 0. The van der Waals surface area contributed by atoms with Crippen LogP contribution in [0.1, 0.15) is 20.3 Å². The maximum absolute atomic E-state index is 11.5. The molecule has 1 unspecified atom stereocenters. The van der Waals surface area contributed by atoms with Crippen LogP contribution in [0.3, 0.4) is 0 Å². The Balaban J connectivity index is 4.88. The molecule has 0 bridgehead atoms. The van der Waals surface area contributed by atoms with Crippen LogP contribution in [-0.4, -0.2) is 42.6 Å². The zero-order chi connectivity index (χ0) is 15.6. The van der Waals surface area contributed by atoms with E-state index in [1.807, 2.05) is 0 Å². The standard InChI is InChI=1S/C10H20O9Si/c1-7-9(15-10(11)8(2)3)16-20(17-12-4,18-13-5)19-14-6/h9H,2,7H2,1,3-6H3. The average molecular weight is 312 g/mol.